The number of benzene rings is 1. The van der Waals surface area contributed by atoms with Gasteiger partial charge in [0.15, 0.2) is 0 Å². The lowest BCUT2D eigenvalue weighted by molar-refractivity contribution is -0.146. The number of halogens is 4. The third kappa shape index (κ3) is 1.90. The van der Waals surface area contributed by atoms with Gasteiger partial charge in [-0.05, 0) is 12.1 Å². The Hall–Kier alpha value is -1.76. The van der Waals surface area contributed by atoms with Gasteiger partial charge in [-0.3, -0.25) is 0 Å². The van der Waals surface area contributed by atoms with Crippen LogP contribution in [0.4, 0.5) is 13.2 Å². The molecule has 0 radical (unpaired) electrons. The predicted molar refractivity (Wildman–Crippen MR) is 57.7 cm³/mol. The van der Waals surface area contributed by atoms with Gasteiger partial charge in [0.05, 0.1) is 21.6 Å². The van der Waals surface area contributed by atoms with Crippen LogP contribution in [0.3, 0.4) is 0 Å². The van der Waals surface area contributed by atoms with E-state index in [2.05, 4.69) is 4.98 Å². The summed E-state index contributed by atoms with van der Waals surface area (Å²) >= 11 is 5.69. The average Bonchev–Trinajstić information content (AvgIpc) is 2.54. The quantitative estimate of drug-likeness (QED) is 0.872. The fourth-order valence-corrected chi connectivity index (χ4v) is 1.87. The summed E-state index contributed by atoms with van der Waals surface area (Å²) < 4.78 is 38.7. The number of hydrogen-bond acceptors (Lipinski definition) is 2. The number of aromatic nitrogens is 2. The number of aromatic carboxylic acids is 1. The zero-order valence-corrected chi connectivity index (χ0v) is 9.67. The first-order valence-corrected chi connectivity index (χ1v) is 5.06. The molecule has 0 saturated heterocycles. The summed E-state index contributed by atoms with van der Waals surface area (Å²) in [5.74, 6) is -2.42. The molecule has 0 fully saturated rings. The number of alkyl halides is 3. The number of rotatable bonds is 1. The van der Waals surface area contributed by atoms with E-state index in [4.69, 9.17) is 16.7 Å². The number of fused-ring (bicyclic) bond motifs is 1. The number of imidazole rings is 1. The van der Waals surface area contributed by atoms with E-state index >= 15 is 0 Å². The molecule has 8 heteroatoms. The van der Waals surface area contributed by atoms with Crippen molar-refractivity contribution in [3.63, 3.8) is 0 Å². The molecule has 96 valence electrons. The maximum Gasteiger partial charge on any atom is 0.449 e. The minimum absolute atomic E-state index is 0.0633. The molecule has 1 heterocycles. The summed E-state index contributed by atoms with van der Waals surface area (Å²) in [7, 11) is 1.19. The van der Waals surface area contributed by atoms with Crippen molar-refractivity contribution in [2.45, 2.75) is 6.18 Å². The van der Waals surface area contributed by atoms with Crippen molar-refractivity contribution >= 4 is 28.6 Å². The number of carbonyl (C=O) groups is 1. The fraction of sp³-hybridized carbons (Fsp3) is 0.200. The van der Waals surface area contributed by atoms with Crippen molar-refractivity contribution in [2.75, 3.05) is 0 Å². The van der Waals surface area contributed by atoms with Gasteiger partial charge >= 0.3 is 12.1 Å². The lowest BCUT2D eigenvalue weighted by Gasteiger charge is -2.05. The number of hydrogen-bond donors (Lipinski definition) is 1. The maximum absolute atomic E-state index is 12.6. The number of carboxylic acid groups (broad SMARTS) is 1. The van der Waals surface area contributed by atoms with Crippen molar-refractivity contribution in [1.29, 1.82) is 0 Å². The van der Waals surface area contributed by atoms with E-state index in [1.165, 1.54) is 7.05 Å². The lowest BCUT2D eigenvalue weighted by Crippen LogP contribution is -2.12. The molecule has 0 unspecified atom stereocenters. The Morgan fingerprint density at radius 1 is 1.44 bits per heavy atom. The second-order valence-electron chi connectivity index (χ2n) is 3.62. The fourth-order valence-electron chi connectivity index (χ4n) is 1.63. The Morgan fingerprint density at radius 3 is 2.56 bits per heavy atom. The van der Waals surface area contributed by atoms with Gasteiger partial charge in [-0.15, -0.1) is 0 Å². The molecule has 0 amide bonds. The van der Waals surface area contributed by atoms with Gasteiger partial charge in [-0.1, -0.05) is 11.6 Å². The summed E-state index contributed by atoms with van der Waals surface area (Å²) in [4.78, 5) is 14.2. The zero-order chi connectivity index (χ0) is 13.7. The van der Waals surface area contributed by atoms with E-state index in [-0.39, 0.29) is 21.6 Å². The Balaban J connectivity index is 2.78. The molecule has 1 aromatic heterocycles. The monoisotopic (exact) mass is 278 g/mol. The minimum atomic E-state index is -4.61. The van der Waals surface area contributed by atoms with Gasteiger partial charge in [0, 0.05) is 7.05 Å². The molecule has 4 nitrogen and oxygen atoms in total. The molecule has 18 heavy (non-hydrogen) atoms. The van der Waals surface area contributed by atoms with E-state index in [1.54, 1.807) is 0 Å². The molecule has 1 N–H and O–H groups in total. The molecule has 1 aromatic carbocycles. The summed E-state index contributed by atoms with van der Waals surface area (Å²) in [6.07, 6.45) is -4.61. The van der Waals surface area contributed by atoms with Crippen LogP contribution in [-0.2, 0) is 13.2 Å². The molecule has 2 aromatic rings. The van der Waals surface area contributed by atoms with Gasteiger partial charge in [0.25, 0.3) is 0 Å². The predicted octanol–water partition coefficient (Wildman–Crippen LogP) is 2.94. The molecule has 0 saturated carbocycles. The summed E-state index contributed by atoms with van der Waals surface area (Å²) in [5, 5.41) is 8.69. The first-order valence-electron chi connectivity index (χ1n) is 4.68. The van der Waals surface area contributed by atoms with Crippen molar-refractivity contribution in [3.05, 3.63) is 28.5 Å². The van der Waals surface area contributed by atoms with Crippen LogP contribution in [-0.4, -0.2) is 20.6 Å². The first kappa shape index (κ1) is 12.7. The van der Waals surface area contributed by atoms with Gasteiger partial charge in [-0.2, -0.15) is 13.2 Å². The number of carboxylic acids is 1. The average molecular weight is 279 g/mol. The highest BCUT2D eigenvalue weighted by molar-refractivity contribution is 6.34. The van der Waals surface area contributed by atoms with Crippen molar-refractivity contribution in [3.8, 4) is 0 Å². The lowest BCUT2D eigenvalue weighted by atomic mass is 10.2. The van der Waals surface area contributed by atoms with E-state index in [0.29, 0.717) is 0 Å². The van der Waals surface area contributed by atoms with Gasteiger partial charge in [-0.25, -0.2) is 9.78 Å². The Labute approximate surface area is 104 Å². The Morgan fingerprint density at radius 2 is 2.06 bits per heavy atom. The molecular formula is C10H6ClF3N2O2. The highest BCUT2D eigenvalue weighted by Gasteiger charge is 2.36. The second kappa shape index (κ2) is 3.88. The van der Waals surface area contributed by atoms with Crippen LogP contribution < -0.4 is 0 Å². The van der Waals surface area contributed by atoms with E-state index in [1.807, 2.05) is 0 Å². The molecule has 0 aliphatic heterocycles. The molecule has 0 aliphatic rings. The smallest absolute Gasteiger partial charge is 0.449 e. The molecule has 0 atom stereocenters. The molecule has 0 aliphatic carbocycles. The Bertz CT molecular complexity index is 649. The van der Waals surface area contributed by atoms with Gasteiger partial charge in [0.2, 0.25) is 5.82 Å². The van der Waals surface area contributed by atoms with E-state index in [9.17, 15) is 18.0 Å². The topological polar surface area (TPSA) is 55.1 Å². The van der Waals surface area contributed by atoms with E-state index in [0.717, 1.165) is 16.7 Å². The molecule has 2 rings (SSSR count). The highest BCUT2D eigenvalue weighted by atomic mass is 35.5. The van der Waals surface area contributed by atoms with Crippen LogP contribution in [0.5, 0.6) is 0 Å². The summed E-state index contributed by atoms with van der Waals surface area (Å²) in [5.41, 5.74) is -0.222. The van der Waals surface area contributed by atoms with Gasteiger partial charge < -0.3 is 9.67 Å². The third-order valence-electron chi connectivity index (χ3n) is 2.45. The summed E-state index contributed by atoms with van der Waals surface area (Å²) in [6, 6.07) is 2.18. The van der Waals surface area contributed by atoms with E-state index < -0.39 is 18.0 Å². The molecular weight excluding hydrogens is 273 g/mol. The standard InChI is InChI=1S/C10H6ClF3N2O2/c1-16-7-3-5(11)4(8(17)18)2-6(7)15-9(16)10(12,13)14/h2-3H,1H3,(H,17,18). The second-order valence-corrected chi connectivity index (χ2v) is 4.03. The van der Waals surface area contributed by atoms with Crippen LogP contribution >= 0.6 is 11.6 Å². The summed E-state index contributed by atoms with van der Waals surface area (Å²) in [6.45, 7) is 0. The van der Waals surface area contributed by atoms with Crippen molar-refractivity contribution < 1.29 is 23.1 Å². The third-order valence-corrected chi connectivity index (χ3v) is 2.77. The maximum atomic E-state index is 12.6. The van der Waals surface area contributed by atoms with Crippen LogP contribution in [0.2, 0.25) is 5.02 Å². The van der Waals surface area contributed by atoms with Crippen LogP contribution in [0, 0.1) is 0 Å². The highest BCUT2D eigenvalue weighted by Crippen LogP contribution is 2.32. The zero-order valence-electron chi connectivity index (χ0n) is 8.92. The molecule has 0 spiro atoms. The minimum Gasteiger partial charge on any atom is -0.478 e. The van der Waals surface area contributed by atoms with Gasteiger partial charge in [0.1, 0.15) is 0 Å². The molecule has 0 bridgehead atoms. The number of nitrogens with zero attached hydrogens (tertiary/aromatic N) is 2. The van der Waals surface area contributed by atoms with Crippen molar-refractivity contribution in [2.24, 2.45) is 7.05 Å². The first-order chi connectivity index (χ1) is 8.21. The largest absolute Gasteiger partial charge is 0.478 e. The Kier molecular flexibility index (Phi) is 2.73. The SMILES string of the molecule is Cn1c(C(F)(F)F)nc2cc(C(=O)O)c(Cl)cc21. The van der Waals surface area contributed by atoms with Crippen LogP contribution in [0.15, 0.2) is 12.1 Å². The van der Waals surface area contributed by atoms with Crippen LogP contribution in [0.25, 0.3) is 11.0 Å². The van der Waals surface area contributed by atoms with Crippen molar-refractivity contribution in [1.82, 2.24) is 9.55 Å². The van der Waals surface area contributed by atoms with Crippen LogP contribution in [0.1, 0.15) is 16.2 Å². The normalized spacial score (nSPS) is 12.1. The number of aryl methyl sites for hydroxylation is 1.